The van der Waals surface area contributed by atoms with Crippen molar-refractivity contribution in [1.29, 1.82) is 0 Å². The molecule has 3 aliphatic heterocycles. The Bertz CT molecular complexity index is 1190. The van der Waals surface area contributed by atoms with Crippen LogP contribution < -0.4 is 0 Å². The average Bonchev–Trinajstić information content (AvgIpc) is 3.09. The first-order valence-corrected chi connectivity index (χ1v) is 18.9. The van der Waals surface area contributed by atoms with Crippen LogP contribution in [-0.4, -0.2) is 150 Å². The first-order chi connectivity index (χ1) is 24.0. The highest BCUT2D eigenvalue weighted by molar-refractivity contribution is 5.83. The van der Waals surface area contributed by atoms with Gasteiger partial charge in [-0.2, -0.15) is 0 Å². The molecule has 0 aliphatic carbocycles. The van der Waals surface area contributed by atoms with Gasteiger partial charge in [0.1, 0.15) is 29.7 Å². The molecule has 14 nitrogen and oxygen atoms in total. The second-order valence-electron chi connectivity index (χ2n) is 16.6. The number of carbonyl (C=O) groups is 2. The number of carbonyl (C=O) groups excluding carboxylic acids is 2. The number of hydrogen-bond donors (Lipinski definition) is 4. The number of nitrogens with zero attached hydrogens (tertiary/aromatic N) is 1. The van der Waals surface area contributed by atoms with Gasteiger partial charge in [-0.25, -0.2) is 0 Å². The quantitative estimate of drug-likeness (QED) is 0.266. The number of methoxy groups -OCH3 is 2. The van der Waals surface area contributed by atoms with Gasteiger partial charge in [0, 0.05) is 44.4 Å². The number of hydrogen-bond acceptors (Lipinski definition) is 14. The molecule has 18 atom stereocenters. The van der Waals surface area contributed by atoms with Crippen LogP contribution in [0, 0.1) is 23.7 Å². The van der Waals surface area contributed by atoms with Crippen LogP contribution in [-0.2, 0) is 42.7 Å². The first-order valence-electron chi connectivity index (χ1n) is 18.9. The van der Waals surface area contributed by atoms with Crippen molar-refractivity contribution >= 4 is 11.8 Å². The third-order valence-corrected chi connectivity index (χ3v) is 12.3. The maximum absolute atomic E-state index is 14.2. The number of rotatable bonds is 8. The van der Waals surface area contributed by atoms with Crippen LogP contribution in [0.4, 0.5) is 0 Å². The molecule has 3 heterocycles. The summed E-state index contributed by atoms with van der Waals surface area (Å²) in [7, 11) is 6.77. The highest BCUT2D eigenvalue weighted by Crippen LogP contribution is 2.41. The third-order valence-electron chi connectivity index (χ3n) is 12.3. The van der Waals surface area contributed by atoms with E-state index in [1.54, 1.807) is 48.5 Å². The summed E-state index contributed by atoms with van der Waals surface area (Å²) in [6.07, 6.45) is -8.73. The summed E-state index contributed by atoms with van der Waals surface area (Å²) in [6, 6.07) is -0.283. The Labute approximate surface area is 310 Å². The molecule has 14 heteroatoms. The van der Waals surface area contributed by atoms with E-state index in [9.17, 15) is 30.0 Å². The molecule has 3 saturated heterocycles. The van der Waals surface area contributed by atoms with Gasteiger partial charge in [0.15, 0.2) is 12.6 Å². The van der Waals surface area contributed by atoms with Gasteiger partial charge in [-0.1, -0.05) is 27.7 Å². The summed E-state index contributed by atoms with van der Waals surface area (Å²) >= 11 is 0. The zero-order chi connectivity index (χ0) is 39.7. The summed E-state index contributed by atoms with van der Waals surface area (Å²) in [4.78, 5) is 30.1. The Morgan fingerprint density at radius 3 is 1.98 bits per heavy atom. The average molecular weight is 748 g/mol. The molecule has 3 aliphatic rings. The zero-order valence-electron chi connectivity index (χ0n) is 33.9. The molecule has 1 unspecified atom stereocenters. The van der Waals surface area contributed by atoms with Crippen molar-refractivity contribution in [2.45, 2.75) is 179 Å². The van der Waals surface area contributed by atoms with Gasteiger partial charge in [-0.05, 0) is 74.9 Å². The van der Waals surface area contributed by atoms with Gasteiger partial charge in [0.25, 0.3) is 0 Å². The van der Waals surface area contributed by atoms with Gasteiger partial charge >= 0.3 is 5.97 Å². The van der Waals surface area contributed by atoms with Crippen molar-refractivity contribution in [1.82, 2.24) is 4.90 Å². The molecule has 0 aromatic carbocycles. The lowest BCUT2D eigenvalue weighted by Gasteiger charge is -2.50. The van der Waals surface area contributed by atoms with E-state index in [1.807, 2.05) is 32.8 Å². The Morgan fingerprint density at radius 1 is 0.846 bits per heavy atom. The zero-order valence-corrected chi connectivity index (χ0v) is 33.9. The number of esters is 1. The molecule has 0 bridgehead atoms. The number of likely N-dealkylation sites (N-methyl/N-ethyl adjacent to an activating group) is 1. The van der Waals surface area contributed by atoms with Gasteiger partial charge in [0.2, 0.25) is 0 Å². The van der Waals surface area contributed by atoms with E-state index in [2.05, 4.69) is 0 Å². The number of aliphatic hydroxyl groups excluding tert-OH is 3. The normalized spacial score (nSPS) is 49.0. The molecule has 0 amide bonds. The summed E-state index contributed by atoms with van der Waals surface area (Å²) in [5, 5.41) is 45.6. The molecular formula is C38H69NO13. The maximum Gasteiger partial charge on any atom is 0.311 e. The van der Waals surface area contributed by atoms with E-state index in [0.717, 1.165) is 0 Å². The Balaban J connectivity index is 2.22. The van der Waals surface area contributed by atoms with Crippen LogP contribution in [0.3, 0.4) is 0 Å². The molecule has 304 valence electrons. The fourth-order valence-corrected chi connectivity index (χ4v) is 8.58. The molecule has 0 aromatic rings. The number of ketones is 1. The smallest absolute Gasteiger partial charge is 0.311 e. The van der Waals surface area contributed by atoms with Gasteiger partial charge in [0.05, 0.1) is 47.6 Å². The lowest BCUT2D eigenvalue weighted by Crippen LogP contribution is -2.61. The summed E-state index contributed by atoms with van der Waals surface area (Å²) in [6.45, 7) is 17.1. The SMILES string of the molecule is CC[C@@H]1OC(=O)C(C)[C@H](O[C@H]2C[C@@](C)(OC)[C@@H](O)[C@H](C)O2)[C@H](C)[C@@H](O[C@@H]2O[C@H](C)C[C@H](N(C)C)[C@H]2O)[C@@](C)(OC)C[C@@H](C)C(=O)[C@H](C)[C@@H](O)[C@]1(C)O. The van der Waals surface area contributed by atoms with Gasteiger partial charge in [-0.15, -0.1) is 0 Å². The van der Waals surface area contributed by atoms with Crippen molar-refractivity contribution < 1.29 is 63.2 Å². The third kappa shape index (κ3) is 9.38. The van der Waals surface area contributed by atoms with Crippen LogP contribution in [0.1, 0.15) is 94.9 Å². The molecule has 4 N–H and O–H groups in total. The molecule has 3 rings (SSSR count). The summed E-state index contributed by atoms with van der Waals surface area (Å²) < 4.78 is 43.9. The summed E-state index contributed by atoms with van der Waals surface area (Å²) in [5.41, 5.74) is -4.24. The maximum atomic E-state index is 14.2. The van der Waals surface area contributed by atoms with Crippen molar-refractivity contribution in [3.63, 3.8) is 0 Å². The first kappa shape index (κ1) is 45.1. The molecule has 0 radical (unpaired) electrons. The standard InChI is InChI=1S/C38H69NO13/c1-15-26-38(10,45)31(42)21(4)28(40)19(2)17-37(9,47-14)33(52-35-29(41)25(39(11)12)16-20(3)48-35)22(5)30(23(6)34(44)50-26)51-27-18-36(8,46-13)32(43)24(7)49-27/h19-27,29-33,35,41-43,45H,15-18H2,1-14H3/t19-,20-,21+,22+,23?,24+,25+,26+,27+,29-,30-,31-,32+,33-,35+,36-,37+,38-/m1/s1. The topological polar surface area (TPSA) is 183 Å². The minimum Gasteiger partial charge on any atom is -0.459 e. The Hall–Kier alpha value is -1.30. The highest BCUT2D eigenvalue weighted by Gasteiger charge is 2.54. The Morgan fingerprint density at radius 2 is 1.44 bits per heavy atom. The van der Waals surface area contributed by atoms with E-state index < -0.39 is 102 Å². The second-order valence-corrected chi connectivity index (χ2v) is 16.6. The Kier molecular flexibility index (Phi) is 15.3. The molecule has 0 spiro atoms. The van der Waals surface area contributed by atoms with Crippen LogP contribution in [0.25, 0.3) is 0 Å². The molecule has 52 heavy (non-hydrogen) atoms. The van der Waals surface area contributed by atoms with Crippen LogP contribution >= 0.6 is 0 Å². The van der Waals surface area contributed by atoms with E-state index in [1.165, 1.54) is 21.1 Å². The van der Waals surface area contributed by atoms with Crippen molar-refractivity contribution in [2.75, 3.05) is 28.3 Å². The molecular weight excluding hydrogens is 678 g/mol. The fraction of sp³-hybridized carbons (Fsp3) is 0.947. The summed E-state index contributed by atoms with van der Waals surface area (Å²) in [5.74, 6) is -4.47. The minimum atomic E-state index is -1.96. The monoisotopic (exact) mass is 747 g/mol. The largest absolute Gasteiger partial charge is 0.459 e. The minimum absolute atomic E-state index is 0.111. The lowest BCUT2D eigenvalue weighted by atomic mass is 9.74. The fourth-order valence-electron chi connectivity index (χ4n) is 8.58. The van der Waals surface area contributed by atoms with Gasteiger partial charge in [-0.3, -0.25) is 9.59 Å². The van der Waals surface area contributed by atoms with Crippen LogP contribution in [0.15, 0.2) is 0 Å². The number of cyclic esters (lactones) is 1. The van der Waals surface area contributed by atoms with Gasteiger partial charge < -0.3 is 58.5 Å². The second kappa shape index (κ2) is 17.7. The predicted octanol–water partition coefficient (Wildman–Crippen LogP) is 2.44. The van der Waals surface area contributed by atoms with Crippen molar-refractivity contribution in [3.8, 4) is 0 Å². The van der Waals surface area contributed by atoms with Crippen LogP contribution in [0.5, 0.6) is 0 Å². The number of Topliss-reactive ketones (excluding diaryl/α,β-unsaturated/α-hetero) is 1. The number of aliphatic hydroxyl groups is 4. The number of ether oxygens (including phenoxy) is 7. The van der Waals surface area contributed by atoms with E-state index >= 15 is 0 Å². The lowest BCUT2D eigenvalue weighted by molar-refractivity contribution is -0.319. The van der Waals surface area contributed by atoms with Crippen molar-refractivity contribution in [2.24, 2.45) is 23.7 Å². The molecule has 3 fully saturated rings. The van der Waals surface area contributed by atoms with Crippen molar-refractivity contribution in [3.05, 3.63) is 0 Å². The van der Waals surface area contributed by atoms with E-state index in [4.69, 9.17) is 33.2 Å². The highest BCUT2D eigenvalue weighted by atomic mass is 16.7. The predicted molar refractivity (Wildman–Crippen MR) is 191 cm³/mol. The molecule has 0 saturated carbocycles. The van der Waals surface area contributed by atoms with E-state index in [0.29, 0.717) is 6.42 Å². The molecule has 0 aromatic heterocycles. The van der Waals surface area contributed by atoms with E-state index in [-0.39, 0.29) is 37.2 Å². The van der Waals surface area contributed by atoms with Crippen LogP contribution in [0.2, 0.25) is 0 Å².